The molecule has 0 aliphatic heterocycles. The monoisotopic (exact) mass is 382 g/mol. The van der Waals surface area contributed by atoms with Crippen LogP contribution < -0.4 is 5.69 Å². The van der Waals surface area contributed by atoms with E-state index < -0.39 is 5.41 Å². The Labute approximate surface area is 162 Å². The largest absolute Gasteiger partial charge is 0.465 e. The van der Waals surface area contributed by atoms with Gasteiger partial charge in [-0.25, -0.2) is 4.79 Å². The summed E-state index contributed by atoms with van der Waals surface area (Å²) in [5, 5.41) is 0. The van der Waals surface area contributed by atoms with Crippen LogP contribution in [0.2, 0.25) is 0 Å². The van der Waals surface area contributed by atoms with Crippen LogP contribution in [0.15, 0.2) is 17.1 Å². The van der Waals surface area contributed by atoms with Gasteiger partial charge >= 0.3 is 11.7 Å². The smallest absolute Gasteiger partial charge is 0.326 e. The molecular formula is C20H34N2O3S. The third-order valence-electron chi connectivity index (χ3n) is 5.03. The van der Waals surface area contributed by atoms with Crippen LogP contribution in [0.1, 0.15) is 66.7 Å². The van der Waals surface area contributed by atoms with Crippen LogP contribution in [0.3, 0.4) is 0 Å². The summed E-state index contributed by atoms with van der Waals surface area (Å²) in [5.41, 5.74) is -0.580. The second-order valence-corrected chi connectivity index (χ2v) is 8.41. The zero-order valence-electron chi connectivity index (χ0n) is 16.8. The maximum absolute atomic E-state index is 12.5. The van der Waals surface area contributed by atoms with Crippen LogP contribution in [-0.2, 0) is 16.1 Å². The first-order chi connectivity index (χ1) is 12.2. The van der Waals surface area contributed by atoms with Crippen molar-refractivity contribution in [1.29, 1.82) is 0 Å². The SMILES string of the molecule is CC(C)CC(C)(C(=O)OCCCCCCn1c(=S)cc[nH]c1=O)C(C)C. The Morgan fingerprint density at radius 1 is 1.23 bits per heavy atom. The molecule has 1 aromatic heterocycles. The van der Waals surface area contributed by atoms with E-state index in [9.17, 15) is 9.59 Å². The Morgan fingerprint density at radius 3 is 2.46 bits per heavy atom. The van der Waals surface area contributed by atoms with Crippen LogP contribution >= 0.6 is 12.2 Å². The lowest BCUT2D eigenvalue weighted by molar-refractivity contribution is -0.159. The molecular weight excluding hydrogens is 348 g/mol. The van der Waals surface area contributed by atoms with Gasteiger partial charge in [-0.15, -0.1) is 0 Å². The minimum atomic E-state index is -0.418. The van der Waals surface area contributed by atoms with Crippen molar-refractivity contribution in [3.05, 3.63) is 27.4 Å². The number of carbonyl (C=O) groups is 1. The number of unbranched alkanes of at least 4 members (excludes halogenated alkanes) is 3. The Kier molecular flexibility index (Phi) is 9.27. The zero-order valence-corrected chi connectivity index (χ0v) is 17.7. The van der Waals surface area contributed by atoms with E-state index in [0.29, 0.717) is 23.7 Å². The average molecular weight is 383 g/mol. The van der Waals surface area contributed by atoms with E-state index in [1.165, 1.54) is 0 Å². The Hall–Kier alpha value is -1.43. The molecule has 1 unspecified atom stereocenters. The number of nitrogens with zero attached hydrogens (tertiary/aromatic N) is 1. The van der Waals surface area contributed by atoms with Crippen LogP contribution in [0.25, 0.3) is 0 Å². The van der Waals surface area contributed by atoms with Crippen molar-refractivity contribution in [2.75, 3.05) is 6.61 Å². The van der Waals surface area contributed by atoms with E-state index in [1.54, 1.807) is 16.8 Å². The molecule has 0 bridgehead atoms. The highest BCUT2D eigenvalue weighted by atomic mass is 32.1. The van der Waals surface area contributed by atoms with Crippen molar-refractivity contribution in [2.24, 2.45) is 17.3 Å². The van der Waals surface area contributed by atoms with Crippen LogP contribution in [0.4, 0.5) is 0 Å². The molecule has 1 aromatic rings. The van der Waals surface area contributed by atoms with E-state index >= 15 is 0 Å². The summed E-state index contributed by atoms with van der Waals surface area (Å²) in [6.45, 7) is 11.5. The normalized spacial score (nSPS) is 13.8. The van der Waals surface area contributed by atoms with E-state index in [1.807, 2.05) is 6.92 Å². The van der Waals surface area contributed by atoms with Crippen molar-refractivity contribution in [1.82, 2.24) is 9.55 Å². The first kappa shape index (κ1) is 22.6. The summed E-state index contributed by atoms with van der Waals surface area (Å²) in [7, 11) is 0. The fraction of sp³-hybridized carbons (Fsp3) is 0.750. The number of carbonyl (C=O) groups excluding carboxylic acids is 1. The van der Waals surface area contributed by atoms with E-state index in [0.717, 1.165) is 32.1 Å². The van der Waals surface area contributed by atoms with E-state index in [2.05, 4.69) is 32.7 Å². The molecule has 0 aromatic carbocycles. The Bertz CT molecular complexity index is 650. The van der Waals surface area contributed by atoms with Crippen molar-refractivity contribution >= 4 is 18.2 Å². The van der Waals surface area contributed by atoms with Gasteiger partial charge in [-0.1, -0.05) is 46.3 Å². The molecule has 6 heteroatoms. The second-order valence-electron chi connectivity index (χ2n) is 7.99. The molecule has 0 saturated carbocycles. The number of esters is 1. The maximum Gasteiger partial charge on any atom is 0.326 e. The fourth-order valence-corrected chi connectivity index (χ4v) is 3.36. The molecule has 0 amide bonds. The molecule has 26 heavy (non-hydrogen) atoms. The van der Waals surface area contributed by atoms with Crippen molar-refractivity contribution in [2.45, 2.75) is 73.3 Å². The third-order valence-corrected chi connectivity index (χ3v) is 5.38. The van der Waals surface area contributed by atoms with Gasteiger partial charge < -0.3 is 9.72 Å². The first-order valence-electron chi connectivity index (χ1n) is 9.64. The minimum absolute atomic E-state index is 0.0803. The Morgan fingerprint density at radius 2 is 1.88 bits per heavy atom. The number of nitrogens with one attached hydrogen (secondary N) is 1. The lowest BCUT2D eigenvalue weighted by Gasteiger charge is -2.32. The predicted molar refractivity (Wildman–Crippen MR) is 108 cm³/mol. The van der Waals surface area contributed by atoms with Gasteiger partial charge in [-0.2, -0.15) is 0 Å². The van der Waals surface area contributed by atoms with Gasteiger partial charge in [0.25, 0.3) is 0 Å². The van der Waals surface area contributed by atoms with Crippen LogP contribution in [0, 0.1) is 21.9 Å². The average Bonchev–Trinajstić information content (AvgIpc) is 2.55. The highest BCUT2D eigenvalue weighted by Crippen LogP contribution is 2.35. The third kappa shape index (κ3) is 6.71. The van der Waals surface area contributed by atoms with Crippen molar-refractivity contribution in [3.8, 4) is 0 Å². The highest BCUT2D eigenvalue weighted by Gasteiger charge is 2.38. The molecule has 0 aliphatic rings. The molecule has 0 saturated heterocycles. The Balaban J connectivity index is 2.31. The van der Waals surface area contributed by atoms with Gasteiger partial charge in [0.1, 0.15) is 4.64 Å². The lowest BCUT2D eigenvalue weighted by atomic mass is 9.73. The van der Waals surface area contributed by atoms with Crippen LogP contribution in [-0.4, -0.2) is 22.1 Å². The second kappa shape index (κ2) is 10.7. The van der Waals surface area contributed by atoms with Gasteiger partial charge in [0.15, 0.2) is 0 Å². The van der Waals surface area contributed by atoms with Gasteiger partial charge in [0.2, 0.25) is 0 Å². The number of ether oxygens (including phenoxy) is 1. The van der Waals surface area contributed by atoms with Gasteiger partial charge in [-0.05, 0) is 50.5 Å². The quantitative estimate of drug-likeness (QED) is 0.342. The topological polar surface area (TPSA) is 64.1 Å². The number of hydrogen-bond donors (Lipinski definition) is 1. The number of hydrogen-bond acceptors (Lipinski definition) is 4. The molecule has 5 nitrogen and oxygen atoms in total. The molecule has 0 aliphatic carbocycles. The minimum Gasteiger partial charge on any atom is -0.465 e. The summed E-state index contributed by atoms with van der Waals surface area (Å²) in [4.78, 5) is 26.8. The molecule has 0 radical (unpaired) electrons. The van der Waals surface area contributed by atoms with E-state index in [4.69, 9.17) is 17.0 Å². The molecule has 0 fully saturated rings. The molecule has 1 atom stereocenters. The number of rotatable bonds is 11. The fourth-order valence-electron chi connectivity index (χ4n) is 3.12. The molecule has 1 heterocycles. The maximum atomic E-state index is 12.5. The highest BCUT2D eigenvalue weighted by molar-refractivity contribution is 7.71. The molecule has 1 N–H and O–H groups in total. The lowest BCUT2D eigenvalue weighted by Crippen LogP contribution is -2.36. The van der Waals surface area contributed by atoms with Crippen molar-refractivity contribution in [3.63, 3.8) is 0 Å². The molecule has 1 rings (SSSR count). The van der Waals surface area contributed by atoms with Crippen molar-refractivity contribution < 1.29 is 9.53 Å². The molecule has 0 spiro atoms. The number of H-pyrrole nitrogens is 1. The predicted octanol–water partition coefficient (Wildman–Crippen LogP) is 4.72. The van der Waals surface area contributed by atoms with E-state index in [-0.39, 0.29) is 17.6 Å². The summed E-state index contributed by atoms with van der Waals surface area (Å²) in [6.07, 6.45) is 6.08. The zero-order chi connectivity index (χ0) is 19.7. The van der Waals surface area contributed by atoms with Gasteiger partial charge in [0, 0.05) is 12.7 Å². The standard InChI is InChI=1S/C20H34N2O3S/c1-15(2)14-20(5,16(3)4)18(23)25-13-9-7-6-8-12-22-17(26)10-11-21-19(22)24/h10-11,15-16H,6-9,12-14H2,1-5H3,(H,21,24). The summed E-state index contributed by atoms with van der Waals surface area (Å²) < 4.78 is 7.69. The summed E-state index contributed by atoms with van der Waals surface area (Å²) in [6, 6.07) is 1.72. The molecule has 148 valence electrons. The van der Waals surface area contributed by atoms with Gasteiger partial charge in [-0.3, -0.25) is 9.36 Å². The number of aromatic amines is 1. The van der Waals surface area contributed by atoms with Crippen LogP contribution in [0.5, 0.6) is 0 Å². The first-order valence-corrected chi connectivity index (χ1v) is 10.0. The number of aromatic nitrogens is 2. The summed E-state index contributed by atoms with van der Waals surface area (Å²) in [5.74, 6) is 0.636. The summed E-state index contributed by atoms with van der Waals surface area (Å²) >= 11 is 5.16. The van der Waals surface area contributed by atoms with Gasteiger partial charge in [0.05, 0.1) is 12.0 Å².